The number of benzene rings is 1. The molecule has 24 heavy (non-hydrogen) atoms. The summed E-state index contributed by atoms with van der Waals surface area (Å²) in [5.41, 5.74) is 2.33. The first-order valence-electron chi connectivity index (χ1n) is 8.35. The number of hydrogen-bond donors (Lipinski definition) is 0. The van der Waals surface area contributed by atoms with Crippen LogP contribution in [-0.2, 0) is 16.0 Å². The minimum absolute atomic E-state index is 0.0187. The summed E-state index contributed by atoms with van der Waals surface area (Å²) in [5, 5.41) is 2.96. The van der Waals surface area contributed by atoms with Gasteiger partial charge in [0.05, 0.1) is 13.2 Å². The van der Waals surface area contributed by atoms with Crippen LogP contribution in [0.25, 0.3) is 0 Å². The Morgan fingerprint density at radius 2 is 2.29 bits per heavy atom. The van der Waals surface area contributed by atoms with Gasteiger partial charge in [-0.2, -0.15) is 0 Å². The molecule has 2 aliphatic rings. The maximum atomic E-state index is 12.9. The predicted octanol–water partition coefficient (Wildman–Crippen LogP) is 2.49. The van der Waals surface area contributed by atoms with E-state index in [1.807, 2.05) is 22.4 Å². The van der Waals surface area contributed by atoms with E-state index in [0.717, 1.165) is 30.2 Å². The zero-order valence-electron chi connectivity index (χ0n) is 13.7. The molecule has 3 heterocycles. The highest BCUT2D eigenvalue weighted by atomic mass is 32.1. The molecular formula is C18H21N3O2S. The van der Waals surface area contributed by atoms with Gasteiger partial charge in [-0.05, 0) is 25.0 Å². The van der Waals surface area contributed by atoms with Crippen LogP contribution >= 0.6 is 11.3 Å². The Labute approximate surface area is 145 Å². The Morgan fingerprint density at radius 3 is 3.12 bits per heavy atom. The number of thiazole rings is 1. The van der Waals surface area contributed by atoms with Gasteiger partial charge in [-0.25, -0.2) is 4.98 Å². The van der Waals surface area contributed by atoms with Crippen molar-refractivity contribution in [3.63, 3.8) is 0 Å². The number of fused-ring (bicyclic) bond motifs is 1. The number of carbonyl (C=O) groups excluding carboxylic acids is 1. The zero-order valence-corrected chi connectivity index (χ0v) is 14.5. The topological polar surface area (TPSA) is 45.7 Å². The second kappa shape index (κ2) is 6.63. The standard InChI is InChI=1S/C18H21N3O2S/c1-13-10-14-4-2-3-5-15(14)21(13)17(22)12-20-7-8-23-16(11-20)18-19-6-9-24-18/h2-6,9,13,16H,7-8,10-12H2,1H3/t13-,16+/m1/s1. The molecule has 2 aliphatic heterocycles. The number of ether oxygens (including phenoxy) is 1. The van der Waals surface area contributed by atoms with Gasteiger partial charge in [0.2, 0.25) is 5.91 Å². The summed E-state index contributed by atoms with van der Waals surface area (Å²) in [5.74, 6) is 0.173. The van der Waals surface area contributed by atoms with E-state index < -0.39 is 0 Å². The molecule has 0 aliphatic carbocycles. The van der Waals surface area contributed by atoms with E-state index in [-0.39, 0.29) is 18.1 Å². The third-order valence-electron chi connectivity index (χ3n) is 4.71. The van der Waals surface area contributed by atoms with Gasteiger partial charge in [-0.1, -0.05) is 18.2 Å². The van der Waals surface area contributed by atoms with E-state index in [4.69, 9.17) is 4.74 Å². The number of carbonyl (C=O) groups is 1. The molecule has 1 fully saturated rings. The number of anilines is 1. The van der Waals surface area contributed by atoms with E-state index in [9.17, 15) is 4.79 Å². The summed E-state index contributed by atoms with van der Waals surface area (Å²) in [6.45, 7) is 4.71. The van der Waals surface area contributed by atoms with Crippen molar-refractivity contribution in [1.29, 1.82) is 0 Å². The Kier molecular flexibility index (Phi) is 4.35. The number of amides is 1. The Morgan fingerprint density at radius 1 is 1.42 bits per heavy atom. The van der Waals surface area contributed by atoms with Gasteiger partial charge in [-0.3, -0.25) is 9.69 Å². The van der Waals surface area contributed by atoms with Crippen molar-refractivity contribution < 1.29 is 9.53 Å². The lowest BCUT2D eigenvalue weighted by molar-refractivity contribution is -0.122. The van der Waals surface area contributed by atoms with Crippen molar-refractivity contribution in [3.05, 3.63) is 46.4 Å². The first-order valence-corrected chi connectivity index (χ1v) is 9.23. The maximum absolute atomic E-state index is 12.9. The van der Waals surface area contributed by atoms with E-state index in [0.29, 0.717) is 13.2 Å². The fourth-order valence-electron chi connectivity index (χ4n) is 3.60. The molecular weight excluding hydrogens is 322 g/mol. The summed E-state index contributed by atoms with van der Waals surface area (Å²) in [6.07, 6.45) is 2.72. The van der Waals surface area contributed by atoms with Crippen molar-refractivity contribution >= 4 is 22.9 Å². The van der Waals surface area contributed by atoms with Crippen molar-refractivity contribution in [2.75, 3.05) is 31.1 Å². The third kappa shape index (κ3) is 2.97. The second-order valence-electron chi connectivity index (χ2n) is 6.41. The minimum Gasteiger partial charge on any atom is -0.368 e. The number of nitrogens with zero attached hydrogens (tertiary/aromatic N) is 3. The van der Waals surface area contributed by atoms with Gasteiger partial charge in [0.1, 0.15) is 11.1 Å². The smallest absolute Gasteiger partial charge is 0.241 e. The molecule has 1 aromatic heterocycles. The molecule has 2 atom stereocenters. The first-order chi connectivity index (χ1) is 11.7. The number of rotatable bonds is 3. The fraction of sp³-hybridized carbons (Fsp3) is 0.444. The summed E-state index contributed by atoms with van der Waals surface area (Å²) in [6, 6.07) is 8.44. The summed E-state index contributed by atoms with van der Waals surface area (Å²) in [4.78, 5) is 21.4. The average Bonchev–Trinajstić information content (AvgIpc) is 3.21. The highest BCUT2D eigenvalue weighted by molar-refractivity contribution is 7.09. The fourth-order valence-corrected chi connectivity index (χ4v) is 4.28. The summed E-state index contributed by atoms with van der Waals surface area (Å²) < 4.78 is 5.82. The van der Waals surface area contributed by atoms with Crippen LogP contribution in [0.15, 0.2) is 35.8 Å². The molecule has 1 aromatic carbocycles. The van der Waals surface area contributed by atoms with Crippen LogP contribution in [0.3, 0.4) is 0 Å². The molecule has 5 nitrogen and oxygen atoms in total. The normalized spacial score (nSPS) is 24.1. The quantitative estimate of drug-likeness (QED) is 0.859. The van der Waals surface area contributed by atoms with Crippen molar-refractivity contribution in [1.82, 2.24) is 9.88 Å². The van der Waals surface area contributed by atoms with Gasteiger partial charge in [0.25, 0.3) is 0 Å². The predicted molar refractivity (Wildman–Crippen MR) is 94.3 cm³/mol. The van der Waals surface area contributed by atoms with Gasteiger partial charge in [-0.15, -0.1) is 11.3 Å². The molecule has 0 saturated carbocycles. The van der Waals surface area contributed by atoms with Crippen LogP contribution in [-0.4, -0.2) is 48.1 Å². The number of morpholine rings is 1. The molecule has 126 valence electrons. The van der Waals surface area contributed by atoms with Gasteiger partial charge >= 0.3 is 0 Å². The SMILES string of the molecule is C[C@@H]1Cc2ccccc2N1C(=O)CN1CCO[C@H](c2nccs2)C1. The molecule has 0 bridgehead atoms. The highest BCUT2D eigenvalue weighted by Crippen LogP contribution is 2.32. The first kappa shape index (κ1) is 15.7. The van der Waals surface area contributed by atoms with Crippen molar-refractivity contribution in [2.45, 2.75) is 25.5 Å². The molecule has 2 aromatic rings. The Balaban J connectivity index is 1.44. The van der Waals surface area contributed by atoms with Crippen molar-refractivity contribution in [3.8, 4) is 0 Å². The van der Waals surface area contributed by atoms with E-state index in [1.54, 1.807) is 17.5 Å². The highest BCUT2D eigenvalue weighted by Gasteiger charge is 2.32. The minimum atomic E-state index is -0.0187. The Bertz CT molecular complexity index is 719. The average molecular weight is 343 g/mol. The second-order valence-corrected chi connectivity index (χ2v) is 7.34. The lowest BCUT2D eigenvalue weighted by Gasteiger charge is -2.33. The van der Waals surface area contributed by atoms with E-state index in [1.165, 1.54) is 5.56 Å². The molecule has 4 rings (SSSR count). The molecule has 0 unspecified atom stereocenters. The van der Waals surface area contributed by atoms with Crippen LogP contribution in [0.5, 0.6) is 0 Å². The largest absolute Gasteiger partial charge is 0.368 e. The molecule has 1 amide bonds. The van der Waals surface area contributed by atoms with Crippen LogP contribution in [0.4, 0.5) is 5.69 Å². The van der Waals surface area contributed by atoms with Gasteiger partial charge < -0.3 is 9.64 Å². The molecule has 0 spiro atoms. The van der Waals surface area contributed by atoms with Gasteiger partial charge in [0.15, 0.2) is 0 Å². The van der Waals surface area contributed by atoms with E-state index >= 15 is 0 Å². The third-order valence-corrected chi connectivity index (χ3v) is 5.58. The number of para-hydroxylation sites is 1. The lowest BCUT2D eigenvalue weighted by Crippen LogP contribution is -2.47. The number of aromatic nitrogens is 1. The Hall–Kier alpha value is -1.76. The van der Waals surface area contributed by atoms with E-state index in [2.05, 4.69) is 28.9 Å². The van der Waals surface area contributed by atoms with Crippen LogP contribution < -0.4 is 4.90 Å². The maximum Gasteiger partial charge on any atom is 0.241 e. The lowest BCUT2D eigenvalue weighted by atomic mass is 10.1. The molecule has 6 heteroatoms. The molecule has 0 radical (unpaired) electrons. The summed E-state index contributed by atoms with van der Waals surface area (Å²) >= 11 is 1.61. The monoisotopic (exact) mass is 343 g/mol. The van der Waals surface area contributed by atoms with Crippen LogP contribution in [0, 0.1) is 0 Å². The van der Waals surface area contributed by atoms with Crippen LogP contribution in [0.1, 0.15) is 23.6 Å². The molecule has 0 N–H and O–H groups in total. The zero-order chi connectivity index (χ0) is 16.5. The number of hydrogen-bond acceptors (Lipinski definition) is 5. The van der Waals surface area contributed by atoms with Crippen LogP contribution in [0.2, 0.25) is 0 Å². The summed E-state index contributed by atoms with van der Waals surface area (Å²) in [7, 11) is 0. The molecule has 1 saturated heterocycles. The van der Waals surface area contributed by atoms with Crippen molar-refractivity contribution in [2.24, 2.45) is 0 Å². The van der Waals surface area contributed by atoms with Gasteiger partial charge in [0, 0.05) is 36.4 Å².